The van der Waals surface area contributed by atoms with Crippen molar-refractivity contribution in [3.8, 4) is 0 Å². The van der Waals surface area contributed by atoms with Gasteiger partial charge in [0.25, 0.3) is 0 Å². The summed E-state index contributed by atoms with van der Waals surface area (Å²) >= 11 is 1.14. The van der Waals surface area contributed by atoms with Crippen LogP contribution in [0.4, 0.5) is 13.2 Å². The molecule has 2 rings (SSSR count). The maximum Gasteiger partial charge on any atom is 0.445 e. The second kappa shape index (κ2) is 4.61. The smallest absolute Gasteiger partial charge is 0.445 e. The number of carboxylic acid groups (broad SMARTS) is 1. The third-order valence-electron chi connectivity index (χ3n) is 1.63. The molecule has 1 N–H and O–H groups in total. The highest BCUT2D eigenvalue weighted by Crippen LogP contribution is 2.37. The maximum atomic E-state index is 12.2. The van der Waals surface area contributed by atoms with Gasteiger partial charge in [-0.3, -0.25) is 0 Å². The number of aromatic carboxylic acids is 1. The minimum absolute atomic E-state index is 0.0219. The normalized spacial score (nSPS) is 11.7. The molecule has 0 amide bonds. The molecule has 2 aromatic heterocycles. The molecule has 0 spiro atoms. The minimum atomic E-state index is -4.54. The molecule has 0 unspecified atom stereocenters. The van der Waals surface area contributed by atoms with Crippen LogP contribution in [0.3, 0.4) is 0 Å². The molecule has 0 atom stereocenters. The Kier molecular flexibility index (Phi) is 3.30. The molecule has 0 radical (unpaired) electrons. The van der Waals surface area contributed by atoms with Gasteiger partial charge in [-0.25, -0.2) is 4.79 Å². The van der Waals surface area contributed by atoms with Gasteiger partial charge in [-0.15, -0.1) is 10.2 Å². The van der Waals surface area contributed by atoms with Crippen LogP contribution in [0.2, 0.25) is 0 Å². The number of halogens is 3. The van der Waals surface area contributed by atoms with Crippen molar-refractivity contribution < 1.29 is 27.5 Å². The SMILES string of the molecule is O=C(O)c1ccc(Sc2nnc(C(F)(F)F)s2)o1. The molecule has 0 aliphatic carbocycles. The second-order valence-corrected chi connectivity index (χ2v) is 5.13. The average molecular weight is 296 g/mol. The highest BCUT2D eigenvalue weighted by atomic mass is 32.2. The molecule has 96 valence electrons. The van der Waals surface area contributed by atoms with Gasteiger partial charge in [0.1, 0.15) is 0 Å². The fourth-order valence-electron chi connectivity index (χ4n) is 0.942. The van der Waals surface area contributed by atoms with Crippen molar-refractivity contribution in [1.29, 1.82) is 0 Å². The number of hydrogen-bond acceptors (Lipinski definition) is 6. The Morgan fingerprint density at radius 2 is 2.11 bits per heavy atom. The zero-order valence-corrected chi connectivity index (χ0v) is 9.90. The molecule has 18 heavy (non-hydrogen) atoms. The van der Waals surface area contributed by atoms with Crippen molar-refractivity contribution in [1.82, 2.24) is 10.2 Å². The Morgan fingerprint density at radius 3 is 2.61 bits per heavy atom. The Balaban J connectivity index is 2.14. The summed E-state index contributed by atoms with van der Waals surface area (Å²) in [6.07, 6.45) is -4.54. The Bertz CT molecular complexity index is 578. The van der Waals surface area contributed by atoms with Gasteiger partial charge in [0.05, 0.1) is 0 Å². The predicted molar refractivity (Wildman–Crippen MR) is 54.7 cm³/mol. The van der Waals surface area contributed by atoms with Gasteiger partial charge in [0.15, 0.2) is 9.43 Å². The quantitative estimate of drug-likeness (QED) is 0.938. The van der Waals surface area contributed by atoms with Gasteiger partial charge in [0.2, 0.25) is 10.8 Å². The molecule has 0 aliphatic heterocycles. The van der Waals surface area contributed by atoms with E-state index in [1.54, 1.807) is 0 Å². The summed E-state index contributed by atoms with van der Waals surface area (Å²) in [6.45, 7) is 0. The summed E-state index contributed by atoms with van der Waals surface area (Å²) in [5.41, 5.74) is 0. The number of alkyl halides is 3. The van der Waals surface area contributed by atoms with E-state index in [4.69, 9.17) is 9.52 Å². The molecule has 10 heteroatoms. The van der Waals surface area contributed by atoms with E-state index in [9.17, 15) is 18.0 Å². The number of nitrogens with zero attached hydrogens (tertiary/aromatic N) is 2. The standard InChI is InChI=1S/C8H3F3N2O3S2/c9-8(10,11)6-12-13-7(18-6)17-4-2-1-3(16-4)5(14)15/h1-2H,(H,14,15). The molecule has 0 bridgehead atoms. The lowest BCUT2D eigenvalue weighted by Gasteiger charge is -1.97. The van der Waals surface area contributed by atoms with Crippen LogP contribution < -0.4 is 0 Å². The van der Waals surface area contributed by atoms with Crippen LogP contribution in [0.15, 0.2) is 26.0 Å². The van der Waals surface area contributed by atoms with E-state index in [2.05, 4.69) is 10.2 Å². The van der Waals surface area contributed by atoms with E-state index in [1.807, 2.05) is 0 Å². The lowest BCUT2D eigenvalue weighted by atomic mass is 10.5. The average Bonchev–Trinajstić information content (AvgIpc) is 2.85. The van der Waals surface area contributed by atoms with Crippen LogP contribution in [-0.2, 0) is 6.18 Å². The minimum Gasteiger partial charge on any atom is -0.475 e. The highest BCUT2D eigenvalue weighted by molar-refractivity contribution is 8.00. The van der Waals surface area contributed by atoms with Crippen molar-refractivity contribution in [3.05, 3.63) is 22.9 Å². The second-order valence-electron chi connectivity index (χ2n) is 2.90. The Morgan fingerprint density at radius 1 is 1.39 bits per heavy atom. The number of carbonyl (C=O) groups is 1. The van der Waals surface area contributed by atoms with Crippen LogP contribution in [-0.4, -0.2) is 21.3 Å². The lowest BCUT2D eigenvalue weighted by Crippen LogP contribution is -2.03. The topological polar surface area (TPSA) is 76.2 Å². The highest BCUT2D eigenvalue weighted by Gasteiger charge is 2.35. The van der Waals surface area contributed by atoms with Crippen molar-refractivity contribution in [2.75, 3.05) is 0 Å². The van der Waals surface area contributed by atoms with E-state index in [0.29, 0.717) is 11.3 Å². The summed E-state index contributed by atoms with van der Waals surface area (Å²) in [7, 11) is 0. The van der Waals surface area contributed by atoms with Crippen LogP contribution in [0.25, 0.3) is 0 Å². The maximum absolute atomic E-state index is 12.2. The van der Waals surface area contributed by atoms with Crippen molar-refractivity contribution >= 4 is 29.1 Å². The molecule has 0 fully saturated rings. The lowest BCUT2D eigenvalue weighted by molar-refractivity contribution is -0.138. The Hall–Kier alpha value is -1.55. The van der Waals surface area contributed by atoms with Crippen LogP contribution in [0.5, 0.6) is 0 Å². The van der Waals surface area contributed by atoms with Gasteiger partial charge >= 0.3 is 12.1 Å². The van der Waals surface area contributed by atoms with E-state index < -0.39 is 17.2 Å². The van der Waals surface area contributed by atoms with E-state index in [-0.39, 0.29) is 15.2 Å². The first kappa shape index (κ1) is 12.9. The monoisotopic (exact) mass is 296 g/mol. The number of furan rings is 1. The zero-order valence-electron chi connectivity index (χ0n) is 8.26. The van der Waals surface area contributed by atoms with Crippen LogP contribution >= 0.6 is 23.1 Å². The molecule has 2 heterocycles. The van der Waals surface area contributed by atoms with Crippen LogP contribution in [0.1, 0.15) is 15.6 Å². The third kappa shape index (κ3) is 2.82. The largest absolute Gasteiger partial charge is 0.475 e. The molecule has 0 saturated carbocycles. The molecule has 0 aromatic carbocycles. The van der Waals surface area contributed by atoms with Crippen molar-refractivity contribution in [2.45, 2.75) is 15.6 Å². The van der Waals surface area contributed by atoms with Crippen molar-refractivity contribution in [3.63, 3.8) is 0 Å². The molecule has 0 aliphatic rings. The van der Waals surface area contributed by atoms with Crippen molar-refractivity contribution in [2.24, 2.45) is 0 Å². The molecular formula is C8H3F3N2O3S2. The first-order valence-electron chi connectivity index (χ1n) is 4.28. The number of carboxylic acids is 1. The molecule has 0 saturated heterocycles. The number of hydrogen-bond donors (Lipinski definition) is 1. The molecular weight excluding hydrogens is 293 g/mol. The van der Waals surface area contributed by atoms with Gasteiger partial charge < -0.3 is 9.52 Å². The van der Waals surface area contributed by atoms with Gasteiger partial charge in [0, 0.05) is 0 Å². The summed E-state index contributed by atoms with van der Waals surface area (Å²) in [5, 5.41) is 14.0. The van der Waals surface area contributed by atoms with Gasteiger partial charge in [-0.05, 0) is 23.9 Å². The molecule has 5 nitrogen and oxygen atoms in total. The van der Waals surface area contributed by atoms with E-state index >= 15 is 0 Å². The van der Waals surface area contributed by atoms with E-state index in [0.717, 1.165) is 11.8 Å². The fourth-order valence-corrected chi connectivity index (χ4v) is 2.56. The number of aromatic nitrogens is 2. The number of rotatable bonds is 3. The van der Waals surface area contributed by atoms with Crippen LogP contribution in [0, 0.1) is 0 Å². The summed E-state index contributed by atoms with van der Waals surface area (Å²) in [4.78, 5) is 10.5. The van der Waals surface area contributed by atoms with Gasteiger partial charge in [-0.1, -0.05) is 11.3 Å². The summed E-state index contributed by atoms with van der Waals surface area (Å²) in [5.74, 6) is -1.55. The molecule has 2 aromatic rings. The zero-order chi connectivity index (χ0) is 13.3. The van der Waals surface area contributed by atoms with Gasteiger partial charge in [-0.2, -0.15) is 13.2 Å². The first-order valence-corrected chi connectivity index (χ1v) is 5.91. The first-order chi connectivity index (χ1) is 8.36. The predicted octanol–water partition coefficient (Wildman–Crippen LogP) is 3.00. The third-order valence-corrected chi connectivity index (χ3v) is 3.57. The Labute approximate surface area is 106 Å². The summed E-state index contributed by atoms with van der Waals surface area (Å²) < 4.78 is 41.6. The van der Waals surface area contributed by atoms with E-state index in [1.165, 1.54) is 12.1 Å². The summed E-state index contributed by atoms with van der Waals surface area (Å²) in [6, 6.07) is 2.54. The fraction of sp³-hybridized carbons (Fsp3) is 0.125.